The summed E-state index contributed by atoms with van der Waals surface area (Å²) in [6.07, 6.45) is 7.13. The van der Waals surface area contributed by atoms with Gasteiger partial charge in [-0.1, -0.05) is 0 Å². The fourth-order valence-electron chi connectivity index (χ4n) is 3.08. The molecule has 6 heteroatoms. The zero-order valence-electron chi connectivity index (χ0n) is 14.4. The fourth-order valence-corrected chi connectivity index (χ4v) is 3.08. The summed E-state index contributed by atoms with van der Waals surface area (Å²) in [4.78, 5) is 14.0. The lowest BCUT2D eigenvalue weighted by atomic mass is 10.3. The van der Waals surface area contributed by atoms with Crippen molar-refractivity contribution in [1.82, 2.24) is 24.6 Å². The smallest absolute Gasteiger partial charge is 0.150 e. The third kappa shape index (κ3) is 3.88. The second-order valence-corrected chi connectivity index (χ2v) is 6.24. The van der Waals surface area contributed by atoms with E-state index in [4.69, 9.17) is 4.98 Å². The highest BCUT2D eigenvalue weighted by atomic mass is 15.3. The summed E-state index contributed by atoms with van der Waals surface area (Å²) in [6.45, 7) is 12.3. The molecule has 0 radical (unpaired) electrons. The van der Waals surface area contributed by atoms with Gasteiger partial charge in [0, 0.05) is 57.2 Å². The summed E-state index contributed by atoms with van der Waals surface area (Å²) in [5.41, 5.74) is 3.30. The number of nitrogens with zero attached hydrogens (tertiary/aromatic N) is 6. The molecule has 0 bridgehead atoms. The summed E-state index contributed by atoms with van der Waals surface area (Å²) in [6, 6.07) is 0. The largest absolute Gasteiger partial charge is 0.354 e. The normalized spacial score (nSPS) is 16.6. The van der Waals surface area contributed by atoms with E-state index < -0.39 is 0 Å². The van der Waals surface area contributed by atoms with Gasteiger partial charge in [0.2, 0.25) is 0 Å². The van der Waals surface area contributed by atoms with Crippen molar-refractivity contribution in [2.24, 2.45) is 0 Å². The van der Waals surface area contributed by atoms with Crippen LogP contribution in [0.3, 0.4) is 0 Å². The van der Waals surface area contributed by atoms with Crippen LogP contribution in [0.25, 0.3) is 0 Å². The second-order valence-electron chi connectivity index (χ2n) is 6.24. The summed E-state index contributed by atoms with van der Waals surface area (Å²) in [5, 5.41) is 4.37. The number of aromatic nitrogens is 4. The van der Waals surface area contributed by atoms with Crippen LogP contribution in [0.15, 0.2) is 18.6 Å². The maximum atomic E-state index is 4.69. The molecule has 0 saturated carbocycles. The average Bonchev–Trinajstić information content (AvgIpc) is 2.87. The van der Waals surface area contributed by atoms with E-state index in [1.165, 1.54) is 5.56 Å². The summed E-state index contributed by atoms with van der Waals surface area (Å²) in [7, 11) is 0. The Morgan fingerprint density at radius 1 is 1.09 bits per heavy atom. The van der Waals surface area contributed by atoms with E-state index in [1.54, 1.807) is 0 Å². The molecule has 1 saturated heterocycles. The van der Waals surface area contributed by atoms with Crippen molar-refractivity contribution in [3.05, 3.63) is 35.5 Å². The van der Waals surface area contributed by atoms with Crippen LogP contribution in [0.2, 0.25) is 0 Å². The maximum absolute atomic E-state index is 4.69. The molecule has 3 rings (SSSR count). The molecule has 0 N–H and O–H groups in total. The molecule has 0 spiro atoms. The summed E-state index contributed by atoms with van der Waals surface area (Å²) < 4.78 is 1.99. The third-order valence-corrected chi connectivity index (χ3v) is 4.36. The highest BCUT2D eigenvalue weighted by Gasteiger charge is 2.18. The minimum absolute atomic E-state index is 0.930. The lowest BCUT2D eigenvalue weighted by Crippen LogP contribution is -2.31. The monoisotopic (exact) mass is 314 g/mol. The van der Waals surface area contributed by atoms with E-state index >= 15 is 0 Å². The molecule has 124 valence electrons. The van der Waals surface area contributed by atoms with Crippen molar-refractivity contribution in [2.75, 3.05) is 31.1 Å². The first-order valence-electron chi connectivity index (χ1n) is 8.44. The highest BCUT2D eigenvalue weighted by Crippen LogP contribution is 2.18. The number of aryl methyl sites for hydroxylation is 3. The van der Waals surface area contributed by atoms with Gasteiger partial charge in [-0.05, 0) is 27.2 Å². The van der Waals surface area contributed by atoms with Crippen molar-refractivity contribution in [3.63, 3.8) is 0 Å². The molecule has 0 atom stereocenters. The van der Waals surface area contributed by atoms with Gasteiger partial charge >= 0.3 is 0 Å². The molecule has 0 aromatic carbocycles. The van der Waals surface area contributed by atoms with Gasteiger partial charge in [0.1, 0.15) is 5.82 Å². The van der Waals surface area contributed by atoms with Crippen LogP contribution >= 0.6 is 0 Å². The average molecular weight is 314 g/mol. The van der Waals surface area contributed by atoms with Crippen molar-refractivity contribution < 1.29 is 0 Å². The van der Waals surface area contributed by atoms with Gasteiger partial charge < -0.3 is 4.90 Å². The molecule has 0 aliphatic carbocycles. The van der Waals surface area contributed by atoms with Crippen LogP contribution in [-0.2, 0) is 13.1 Å². The van der Waals surface area contributed by atoms with Crippen LogP contribution in [0.5, 0.6) is 0 Å². The van der Waals surface area contributed by atoms with Gasteiger partial charge in [-0.15, -0.1) is 0 Å². The zero-order valence-corrected chi connectivity index (χ0v) is 14.4. The molecule has 23 heavy (non-hydrogen) atoms. The first kappa shape index (κ1) is 15.9. The molecule has 2 aromatic heterocycles. The van der Waals surface area contributed by atoms with Crippen LogP contribution in [-0.4, -0.2) is 50.8 Å². The molecular weight excluding hydrogens is 288 g/mol. The van der Waals surface area contributed by atoms with Gasteiger partial charge in [0.25, 0.3) is 0 Å². The van der Waals surface area contributed by atoms with Crippen molar-refractivity contribution in [2.45, 2.75) is 40.3 Å². The molecule has 0 unspecified atom stereocenters. The number of rotatable bonds is 4. The van der Waals surface area contributed by atoms with Crippen LogP contribution in [0.4, 0.5) is 5.82 Å². The quantitative estimate of drug-likeness (QED) is 0.864. The predicted octanol–water partition coefficient (Wildman–Crippen LogP) is 2.02. The van der Waals surface area contributed by atoms with Gasteiger partial charge in [0.15, 0.2) is 0 Å². The Balaban J connectivity index is 1.63. The molecular formula is C17H26N6. The lowest BCUT2D eigenvalue weighted by Gasteiger charge is -2.23. The Bertz CT molecular complexity index is 650. The molecule has 1 aliphatic heterocycles. The Morgan fingerprint density at radius 2 is 1.96 bits per heavy atom. The van der Waals surface area contributed by atoms with Crippen LogP contribution in [0.1, 0.15) is 30.3 Å². The number of hydrogen-bond donors (Lipinski definition) is 0. The Hall–Kier alpha value is -1.95. The minimum atomic E-state index is 0.930. The predicted molar refractivity (Wildman–Crippen MR) is 91.5 cm³/mol. The second kappa shape index (κ2) is 7.08. The summed E-state index contributed by atoms with van der Waals surface area (Å²) in [5.74, 6) is 1.05. The van der Waals surface area contributed by atoms with E-state index in [-0.39, 0.29) is 0 Å². The maximum Gasteiger partial charge on any atom is 0.150 e. The Kier molecular flexibility index (Phi) is 4.91. The van der Waals surface area contributed by atoms with Crippen LogP contribution < -0.4 is 4.90 Å². The van der Waals surface area contributed by atoms with E-state index in [9.17, 15) is 0 Å². The van der Waals surface area contributed by atoms with Gasteiger partial charge in [-0.2, -0.15) is 5.10 Å². The zero-order chi connectivity index (χ0) is 16.2. The molecule has 6 nitrogen and oxygen atoms in total. The van der Waals surface area contributed by atoms with Gasteiger partial charge in [-0.3, -0.25) is 14.6 Å². The van der Waals surface area contributed by atoms with Crippen LogP contribution in [0, 0.1) is 13.8 Å². The molecule has 2 aromatic rings. The molecule has 1 aliphatic rings. The molecule has 1 fully saturated rings. The van der Waals surface area contributed by atoms with Gasteiger partial charge in [-0.25, -0.2) is 4.98 Å². The third-order valence-electron chi connectivity index (χ3n) is 4.36. The highest BCUT2D eigenvalue weighted by molar-refractivity contribution is 5.43. The first-order valence-corrected chi connectivity index (χ1v) is 8.44. The number of hydrogen-bond acceptors (Lipinski definition) is 5. The standard InChI is InChI=1S/C17H26N6/c1-4-23-13-16(11-19-23)12-21-6-5-7-22(9-8-21)17-15(3)18-10-14(2)20-17/h10-11,13H,4-9,12H2,1-3H3. The molecule has 0 amide bonds. The van der Waals surface area contributed by atoms with Crippen molar-refractivity contribution in [1.29, 1.82) is 0 Å². The Morgan fingerprint density at radius 3 is 2.74 bits per heavy atom. The fraction of sp³-hybridized carbons (Fsp3) is 0.588. The molecule has 3 heterocycles. The van der Waals surface area contributed by atoms with Gasteiger partial charge in [0.05, 0.1) is 17.6 Å². The topological polar surface area (TPSA) is 50.1 Å². The lowest BCUT2D eigenvalue weighted by molar-refractivity contribution is 0.285. The van der Waals surface area contributed by atoms with Crippen molar-refractivity contribution >= 4 is 5.82 Å². The summed E-state index contributed by atoms with van der Waals surface area (Å²) >= 11 is 0. The Labute approximate surface area is 138 Å². The SMILES string of the molecule is CCn1cc(CN2CCCN(c3nc(C)cnc3C)CC2)cn1. The number of anilines is 1. The van der Waals surface area contributed by atoms with E-state index in [1.807, 2.05) is 30.9 Å². The van der Waals surface area contributed by atoms with E-state index in [0.29, 0.717) is 0 Å². The van der Waals surface area contributed by atoms with E-state index in [2.05, 4.69) is 33.0 Å². The first-order chi connectivity index (χ1) is 11.2. The minimum Gasteiger partial charge on any atom is -0.354 e. The van der Waals surface area contributed by atoms with E-state index in [0.717, 1.165) is 62.9 Å². The van der Waals surface area contributed by atoms with Crippen molar-refractivity contribution in [3.8, 4) is 0 Å².